The maximum Gasteiger partial charge on any atom is 0.170 e. The molecule has 0 spiro atoms. The van der Waals surface area contributed by atoms with Crippen molar-refractivity contribution >= 4 is 5.78 Å². The van der Waals surface area contributed by atoms with Crippen LogP contribution < -0.4 is 18.9 Å². The molecule has 5 heteroatoms. The van der Waals surface area contributed by atoms with Crippen LogP contribution in [0.3, 0.4) is 0 Å². The van der Waals surface area contributed by atoms with Crippen molar-refractivity contribution in [1.82, 2.24) is 0 Å². The minimum atomic E-state index is -0.409. The smallest absolute Gasteiger partial charge is 0.170 e. The van der Waals surface area contributed by atoms with Gasteiger partial charge in [-0.15, -0.1) is 0 Å². The second-order valence-corrected chi connectivity index (χ2v) is 5.18. The molecule has 2 aromatic carbocycles. The molecule has 120 valence electrons. The number of carbonyl (C=O) groups excluding carboxylic acids is 1. The number of benzene rings is 2. The average molecular weight is 314 g/mol. The van der Waals surface area contributed by atoms with Gasteiger partial charge in [0, 0.05) is 5.56 Å². The second-order valence-electron chi connectivity index (χ2n) is 5.18. The number of hydrogen-bond acceptors (Lipinski definition) is 5. The average Bonchev–Trinajstić information content (AvgIpc) is 2.60. The van der Waals surface area contributed by atoms with E-state index in [-0.39, 0.29) is 12.2 Å². The fourth-order valence-electron chi connectivity index (χ4n) is 2.77. The monoisotopic (exact) mass is 314 g/mol. The van der Waals surface area contributed by atoms with Gasteiger partial charge < -0.3 is 18.9 Å². The summed E-state index contributed by atoms with van der Waals surface area (Å²) in [5, 5.41) is 0. The number of rotatable bonds is 4. The van der Waals surface area contributed by atoms with Gasteiger partial charge >= 0.3 is 0 Å². The van der Waals surface area contributed by atoms with Crippen LogP contribution in [0.4, 0.5) is 0 Å². The highest BCUT2D eigenvalue weighted by Crippen LogP contribution is 2.42. The van der Waals surface area contributed by atoms with E-state index in [1.807, 2.05) is 18.2 Å². The fourth-order valence-corrected chi connectivity index (χ4v) is 2.77. The van der Waals surface area contributed by atoms with Crippen molar-refractivity contribution in [2.24, 2.45) is 0 Å². The van der Waals surface area contributed by atoms with Crippen molar-refractivity contribution in [3.05, 3.63) is 47.5 Å². The molecule has 0 radical (unpaired) electrons. The van der Waals surface area contributed by atoms with Gasteiger partial charge in [-0.05, 0) is 24.3 Å². The summed E-state index contributed by atoms with van der Waals surface area (Å²) < 4.78 is 21.9. The SMILES string of the molecule is COc1ccc2c(c1)C(=O)C[C@H](c1cccc(OC)c1OC)O2. The number of para-hydroxylation sites is 1. The van der Waals surface area contributed by atoms with Crippen LogP contribution in [0.15, 0.2) is 36.4 Å². The van der Waals surface area contributed by atoms with E-state index >= 15 is 0 Å². The van der Waals surface area contributed by atoms with Crippen LogP contribution in [-0.2, 0) is 0 Å². The van der Waals surface area contributed by atoms with Crippen LogP contribution >= 0.6 is 0 Å². The molecule has 1 aliphatic rings. The van der Waals surface area contributed by atoms with E-state index in [9.17, 15) is 4.79 Å². The van der Waals surface area contributed by atoms with Crippen LogP contribution in [0.25, 0.3) is 0 Å². The maximum atomic E-state index is 12.5. The van der Waals surface area contributed by atoms with Crippen molar-refractivity contribution < 1.29 is 23.7 Å². The van der Waals surface area contributed by atoms with Crippen molar-refractivity contribution in [2.75, 3.05) is 21.3 Å². The summed E-state index contributed by atoms with van der Waals surface area (Å²) in [6, 6.07) is 10.8. The Morgan fingerprint density at radius 1 is 1.04 bits per heavy atom. The van der Waals surface area contributed by atoms with Gasteiger partial charge in [-0.2, -0.15) is 0 Å². The van der Waals surface area contributed by atoms with E-state index in [1.165, 1.54) is 0 Å². The molecule has 1 heterocycles. The number of fused-ring (bicyclic) bond motifs is 1. The van der Waals surface area contributed by atoms with Crippen molar-refractivity contribution in [3.63, 3.8) is 0 Å². The number of methoxy groups -OCH3 is 3. The van der Waals surface area contributed by atoms with E-state index in [0.29, 0.717) is 28.6 Å². The molecule has 0 N–H and O–H groups in total. The topological polar surface area (TPSA) is 54.0 Å². The Morgan fingerprint density at radius 2 is 1.87 bits per heavy atom. The highest BCUT2D eigenvalue weighted by molar-refractivity contribution is 6.00. The Kier molecular flexibility index (Phi) is 4.10. The van der Waals surface area contributed by atoms with Crippen LogP contribution in [0, 0.1) is 0 Å². The molecule has 0 fully saturated rings. The molecule has 1 atom stereocenters. The van der Waals surface area contributed by atoms with Gasteiger partial charge in [0.15, 0.2) is 17.3 Å². The standard InChI is InChI=1S/C18H18O5/c1-20-11-7-8-15-13(9-11)14(19)10-17(23-15)12-5-4-6-16(21-2)18(12)22-3/h4-9,17H,10H2,1-3H3/t17-/m1/s1. The summed E-state index contributed by atoms with van der Waals surface area (Å²) >= 11 is 0. The molecule has 3 rings (SSSR count). The minimum Gasteiger partial charge on any atom is -0.497 e. The number of Topliss-reactive ketones (excluding diaryl/α,β-unsaturated/α-hetero) is 1. The third kappa shape index (κ3) is 2.70. The van der Waals surface area contributed by atoms with Crippen molar-refractivity contribution in [3.8, 4) is 23.0 Å². The Bertz CT molecular complexity index is 738. The molecule has 0 unspecified atom stereocenters. The summed E-state index contributed by atoms with van der Waals surface area (Å²) in [4.78, 5) is 12.5. The zero-order valence-corrected chi connectivity index (χ0v) is 13.3. The van der Waals surface area contributed by atoms with Crippen LogP contribution in [0.2, 0.25) is 0 Å². The van der Waals surface area contributed by atoms with Gasteiger partial charge in [0.25, 0.3) is 0 Å². The van der Waals surface area contributed by atoms with Gasteiger partial charge in [0.2, 0.25) is 0 Å². The van der Waals surface area contributed by atoms with Crippen LogP contribution in [0.5, 0.6) is 23.0 Å². The number of carbonyl (C=O) groups is 1. The summed E-state index contributed by atoms with van der Waals surface area (Å²) in [7, 11) is 4.72. The molecule has 0 aliphatic carbocycles. The van der Waals surface area contributed by atoms with E-state index in [1.54, 1.807) is 39.5 Å². The minimum absolute atomic E-state index is 0.0139. The molecule has 0 aromatic heterocycles. The van der Waals surface area contributed by atoms with Crippen molar-refractivity contribution in [1.29, 1.82) is 0 Å². The lowest BCUT2D eigenvalue weighted by Gasteiger charge is -2.27. The number of ether oxygens (including phenoxy) is 4. The highest BCUT2D eigenvalue weighted by Gasteiger charge is 2.30. The van der Waals surface area contributed by atoms with Gasteiger partial charge in [-0.1, -0.05) is 12.1 Å². The first-order chi connectivity index (χ1) is 11.2. The number of ketones is 1. The third-order valence-electron chi connectivity index (χ3n) is 3.91. The summed E-state index contributed by atoms with van der Waals surface area (Å²) in [5.74, 6) is 2.40. The lowest BCUT2D eigenvalue weighted by Crippen LogP contribution is -2.21. The molecule has 1 aliphatic heterocycles. The molecule has 5 nitrogen and oxygen atoms in total. The van der Waals surface area contributed by atoms with Crippen molar-refractivity contribution in [2.45, 2.75) is 12.5 Å². The zero-order chi connectivity index (χ0) is 16.4. The fraction of sp³-hybridized carbons (Fsp3) is 0.278. The lowest BCUT2D eigenvalue weighted by molar-refractivity contribution is 0.0845. The first-order valence-corrected chi connectivity index (χ1v) is 7.26. The van der Waals surface area contributed by atoms with E-state index in [4.69, 9.17) is 18.9 Å². The van der Waals surface area contributed by atoms with E-state index in [2.05, 4.69) is 0 Å². The molecular formula is C18H18O5. The zero-order valence-electron chi connectivity index (χ0n) is 13.3. The second kappa shape index (κ2) is 6.20. The van der Waals surface area contributed by atoms with Crippen LogP contribution in [0.1, 0.15) is 28.4 Å². The highest BCUT2D eigenvalue weighted by atomic mass is 16.5. The Labute approximate surface area is 134 Å². The third-order valence-corrected chi connectivity index (χ3v) is 3.91. The first kappa shape index (κ1) is 15.2. The van der Waals surface area contributed by atoms with E-state index < -0.39 is 6.10 Å². The van der Waals surface area contributed by atoms with E-state index in [0.717, 1.165) is 5.56 Å². The molecule has 0 bridgehead atoms. The molecule has 0 saturated carbocycles. The molecule has 2 aromatic rings. The quantitative estimate of drug-likeness (QED) is 0.865. The predicted molar refractivity (Wildman–Crippen MR) is 84.9 cm³/mol. The lowest BCUT2D eigenvalue weighted by atomic mass is 9.95. The molecule has 0 amide bonds. The first-order valence-electron chi connectivity index (χ1n) is 7.26. The maximum absolute atomic E-state index is 12.5. The normalized spacial score (nSPS) is 16.3. The van der Waals surface area contributed by atoms with Crippen LogP contribution in [-0.4, -0.2) is 27.1 Å². The van der Waals surface area contributed by atoms with Gasteiger partial charge in [0.05, 0.1) is 33.3 Å². The molecule has 0 saturated heterocycles. The Morgan fingerprint density at radius 3 is 2.57 bits per heavy atom. The summed E-state index contributed by atoms with van der Waals surface area (Å²) in [6.45, 7) is 0. The van der Waals surface area contributed by atoms with Gasteiger partial charge in [-0.3, -0.25) is 4.79 Å². The summed E-state index contributed by atoms with van der Waals surface area (Å²) in [6.07, 6.45) is -0.169. The number of hydrogen-bond donors (Lipinski definition) is 0. The van der Waals surface area contributed by atoms with Gasteiger partial charge in [0.1, 0.15) is 17.6 Å². The molecular weight excluding hydrogens is 296 g/mol. The van der Waals surface area contributed by atoms with Gasteiger partial charge in [-0.25, -0.2) is 0 Å². The summed E-state index contributed by atoms with van der Waals surface area (Å²) in [5.41, 5.74) is 1.34. The Balaban J connectivity index is 1.99. The largest absolute Gasteiger partial charge is 0.497 e. The Hall–Kier alpha value is -2.69. The predicted octanol–water partition coefficient (Wildman–Crippen LogP) is 3.42. The molecule has 23 heavy (non-hydrogen) atoms.